The van der Waals surface area contributed by atoms with Crippen molar-refractivity contribution >= 4 is 89.9 Å². The second-order valence-corrected chi connectivity index (χ2v) is 18.4. The molecule has 3 heterocycles. The lowest BCUT2D eigenvalue weighted by Gasteiger charge is -2.17. The van der Waals surface area contributed by atoms with Crippen LogP contribution in [0.2, 0.25) is 0 Å². The van der Waals surface area contributed by atoms with Crippen LogP contribution in [0.1, 0.15) is 148 Å². The number of aromatic nitrogens is 2. The summed E-state index contributed by atoms with van der Waals surface area (Å²) in [5.74, 6) is -0.274. The van der Waals surface area contributed by atoms with Gasteiger partial charge in [-0.1, -0.05) is 88.7 Å². The standard InChI is InChI=1S/C54H60N4O6S/c1-9-13-15-37(11-3)31-57-47-21-17-39(33(5)55-63-35(7)59)27-43(47)45-29-41(19-23-49(45)57)53(61)51-25-26-52(65-51)54(62)42-20-24-50-46(30-42)44-28-40(34(6)56-64-36(8)60)18-22-48(44)58(50)32-38(12-4)16-14-10-2/h17-30,37-38H,9-16,31-32H2,1-8H3/b55-33-,56-34-. The fourth-order valence-corrected chi connectivity index (χ4v) is 9.85. The largest absolute Gasteiger partial charge is 0.340 e. The molecule has 0 fully saturated rings. The number of nitrogens with zero attached hydrogens (tertiary/aromatic N) is 4. The van der Waals surface area contributed by atoms with Crippen molar-refractivity contribution in [2.24, 2.45) is 22.1 Å². The van der Waals surface area contributed by atoms with Gasteiger partial charge in [-0.3, -0.25) is 9.59 Å². The summed E-state index contributed by atoms with van der Waals surface area (Å²) in [5.41, 5.74) is 8.07. The first-order valence-corrected chi connectivity index (χ1v) is 23.9. The maximum Gasteiger partial charge on any atom is 0.331 e. The molecule has 338 valence electrons. The minimum absolute atomic E-state index is 0.152. The Labute approximate surface area is 385 Å². The molecule has 10 nitrogen and oxygen atoms in total. The molecule has 0 saturated heterocycles. The van der Waals surface area contributed by atoms with Crippen LogP contribution in [0.25, 0.3) is 43.6 Å². The first-order valence-electron chi connectivity index (χ1n) is 23.1. The molecule has 0 saturated carbocycles. The van der Waals surface area contributed by atoms with E-state index in [2.05, 4.69) is 71.4 Å². The van der Waals surface area contributed by atoms with Crippen LogP contribution in [0.5, 0.6) is 0 Å². The van der Waals surface area contributed by atoms with Crippen LogP contribution in [0.3, 0.4) is 0 Å². The number of oxime groups is 2. The number of ketones is 2. The summed E-state index contributed by atoms with van der Waals surface area (Å²) in [6, 6.07) is 27.6. The van der Waals surface area contributed by atoms with Gasteiger partial charge in [0.25, 0.3) is 0 Å². The summed E-state index contributed by atoms with van der Waals surface area (Å²) in [6.07, 6.45) is 9.04. The zero-order valence-corrected chi connectivity index (χ0v) is 39.8. The second kappa shape index (κ2) is 20.7. The predicted molar refractivity (Wildman–Crippen MR) is 265 cm³/mol. The number of carbonyl (C=O) groups excluding carboxylic acids is 4. The molecular formula is C54H60N4O6S. The quantitative estimate of drug-likeness (QED) is 0.0325. The lowest BCUT2D eigenvalue weighted by molar-refractivity contribution is -0.141. The average molecular weight is 893 g/mol. The molecule has 3 aromatic heterocycles. The fourth-order valence-electron chi connectivity index (χ4n) is 8.92. The Balaban J connectivity index is 1.24. The first-order chi connectivity index (χ1) is 31.3. The van der Waals surface area contributed by atoms with E-state index in [0.29, 0.717) is 44.1 Å². The number of unbranched alkanes of at least 4 members (excludes halogenated alkanes) is 2. The molecule has 0 spiro atoms. The van der Waals surface area contributed by atoms with Crippen LogP contribution in [0.4, 0.5) is 0 Å². The zero-order valence-electron chi connectivity index (χ0n) is 39.0. The van der Waals surface area contributed by atoms with Gasteiger partial charge < -0.3 is 18.8 Å². The smallest absolute Gasteiger partial charge is 0.331 e. The monoisotopic (exact) mass is 892 g/mol. The van der Waals surface area contributed by atoms with Crippen LogP contribution < -0.4 is 0 Å². The Morgan fingerprint density at radius 1 is 0.508 bits per heavy atom. The third-order valence-electron chi connectivity index (χ3n) is 12.7. The van der Waals surface area contributed by atoms with Crippen molar-refractivity contribution in [2.75, 3.05) is 0 Å². The van der Waals surface area contributed by atoms with Crippen molar-refractivity contribution in [1.29, 1.82) is 0 Å². The lowest BCUT2D eigenvalue weighted by Crippen LogP contribution is -2.10. The zero-order chi connectivity index (χ0) is 46.4. The van der Waals surface area contributed by atoms with E-state index < -0.39 is 11.9 Å². The van der Waals surface area contributed by atoms with Crippen LogP contribution in [0.15, 0.2) is 95.2 Å². The highest BCUT2D eigenvalue weighted by atomic mass is 32.1. The number of benzene rings is 4. The van der Waals surface area contributed by atoms with Crippen molar-refractivity contribution in [3.05, 3.63) is 117 Å². The van der Waals surface area contributed by atoms with Gasteiger partial charge in [0.05, 0.1) is 21.2 Å². The molecule has 0 aliphatic heterocycles. The second-order valence-electron chi connectivity index (χ2n) is 17.3. The van der Waals surface area contributed by atoms with Crippen molar-refractivity contribution in [2.45, 2.75) is 120 Å². The molecule has 7 rings (SSSR count). The van der Waals surface area contributed by atoms with Gasteiger partial charge >= 0.3 is 11.9 Å². The lowest BCUT2D eigenvalue weighted by atomic mass is 9.99. The van der Waals surface area contributed by atoms with Crippen molar-refractivity contribution in [3.8, 4) is 0 Å². The van der Waals surface area contributed by atoms with Crippen LogP contribution in [0, 0.1) is 11.8 Å². The molecule has 0 radical (unpaired) electrons. The molecular weight excluding hydrogens is 833 g/mol. The Morgan fingerprint density at radius 3 is 1.17 bits per heavy atom. The summed E-state index contributed by atoms with van der Waals surface area (Å²) >= 11 is 1.21. The Morgan fingerprint density at radius 2 is 0.846 bits per heavy atom. The molecule has 0 bridgehead atoms. The van der Waals surface area contributed by atoms with E-state index >= 15 is 0 Å². The summed E-state index contributed by atoms with van der Waals surface area (Å²) < 4.78 is 4.74. The van der Waals surface area contributed by atoms with E-state index in [9.17, 15) is 19.2 Å². The third kappa shape index (κ3) is 10.2. The maximum atomic E-state index is 14.3. The third-order valence-corrected chi connectivity index (χ3v) is 13.8. The molecule has 11 heteroatoms. The van der Waals surface area contributed by atoms with Crippen LogP contribution >= 0.6 is 11.3 Å². The van der Waals surface area contributed by atoms with Gasteiger partial charge in [-0.05, 0) is 122 Å². The number of hydrogen-bond donors (Lipinski definition) is 0. The van der Waals surface area contributed by atoms with Gasteiger partial charge in [0.1, 0.15) is 0 Å². The van der Waals surface area contributed by atoms with Crippen LogP contribution in [-0.2, 0) is 32.4 Å². The highest BCUT2D eigenvalue weighted by molar-refractivity contribution is 7.16. The van der Waals surface area contributed by atoms with E-state index in [0.717, 1.165) is 106 Å². The summed E-state index contributed by atoms with van der Waals surface area (Å²) in [6.45, 7) is 16.9. The van der Waals surface area contributed by atoms with E-state index in [1.165, 1.54) is 38.0 Å². The summed E-state index contributed by atoms with van der Waals surface area (Å²) in [5, 5.41) is 11.9. The van der Waals surface area contributed by atoms with E-state index in [1.807, 2.05) is 62.4 Å². The van der Waals surface area contributed by atoms with Crippen LogP contribution in [-0.4, -0.2) is 44.1 Å². The van der Waals surface area contributed by atoms with Gasteiger partial charge in [-0.15, -0.1) is 11.3 Å². The highest BCUT2D eigenvalue weighted by Gasteiger charge is 2.22. The Bertz CT molecular complexity index is 2790. The fraction of sp³-hybridized carbons (Fsp3) is 0.370. The Kier molecular flexibility index (Phi) is 14.9. The SMILES string of the molecule is CCCCC(CC)Cn1c2ccc(C(=O)c3ccc(C(=O)c4ccc5c(c4)c4cc(/C(C)=N\OC(C)=O)ccc4n5CC(CC)CCCC)s3)cc2c2cc(/C(C)=N\OC(C)=O)ccc21. The van der Waals surface area contributed by atoms with Gasteiger partial charge in [0.2, 0.25) is 11.6 Å². The molecule has 0 amide bonds. The van der Waals surface area contributed by atoms with Gasteiger partial charge in [0.15, 0.2) is 0 Å². The number of fused-ring (bicyclic) bond motifs is 6. The first kappa shape index (κ1) is 46.8. The summed E-state index contributed by atoms with van der Waals surface area (Å²) in [7, 11) is 0. The maximum absolute atomic E-state index is 14.3. The summed E-state index contributed by atoms with van der Waals surface area (Å²) in [4.78, 5) is 62.6. The minimum atomic E-state index is -0.487. The molecule has 2 atom stereocenters. The molecule has 65 heavy (non-hydrogen) atoms. The normalized spacial score (nSPS) is 13.2. The van der Waals surface area contributed by atoms with Gasteiger partial charge in [0, 0.05) is 81.7 Å². The number of carbonyl (C=O) groups is 4. The molecule has 0 N–H and O–H groups in total. The molecule has 7 aromatic rings. The van der Waals surface area contributed by atoms with E-state index in [-0.39, 0.29) is 11.6 Å². The van der Waals surface area contributed by atoms with Gasteiger partial charge in [-0.25, -0.2) is 9.59 Å². The van der Waals surface area contributed by atoms with Crippen molar-refractivity contribution in [3.63, 3.8) is 0 Å². The van der Waals surface area contributed by atoms with Gasteiger partial charge in [-0.2, -0.15) is 0 Å². The number of rotatable bonds is 20. The van der Waals surface area contributed by atoms with Crippen molar-refractivity contribution in [1.82, 2.24) is 9.13 Å². The molecule has 0 aliphatic rings. The number of thiophene rings is 1. The minimum Gasteiger partial charge on any atom is -0.340 e. The predicted octanol–water partition coefficient (Wildman–Crippen LogP) is 13.4. The van der Waals surface area contributed by atoms with E-state index in [4.69, 9.17) is 9.68 Å². The average Bonchev–Trinajstić information content (AvgIpc) is 4.02. The molecule has 0 aliphatic carbocycles. The topological polar surface area (TPSA) is 121 Å². The Hall–Kier alpha value is -6.20. The number of hydrogen-bond acceptors (Lipinski definition) is 9. The van der Waals surface area contributed by atoms with Crippen molar-refractivity contribution < 1.29 is 28.9 Å². The molecule has 2 unspecified atom stereocenters. The molecule has 4 aromatic carbocycles. The van der Waals surface area contributed by atoms with E-state index in [1.54, 1.807) is 12.1 Å². The highest BCUT2D eigenvalue weighted by Crippen LogP contribution is 2.36.